The number of benzene rings is 3. The molecule has 0 bridgehead atoms. The maximum atomic E-state index is 11.7. The van der Waals surface area contributed by atoms with Crippen molar-refractivity contribution in [2.75, 3.05) is 5.32 Å². The number of hydrogen-bond donors (Lipinski definition) is 4. The molecule has 7 nitrogen and oxygen atoms in total. The standard InChI is InChI=1S/C23H21NO6/c1-13-9-16(24-21(27)12-22(28)29)10-14(2)23(13)30-18-7-8-20(26)19(11-18)15-3-5-17(25)6-4-15/h3-11,25-26H,12H2,1-2H3,(H,24,27)(H,28,29). The lowest BCUT2D eigenvalue weighted by Gasteiger charge is -2.15. The summed E-state index contributed by atoms with van der Waals surface area (Å²) < 4.78 is 6.04. The van der Waals surface area contributed by atoms with Crippen molar-refractivity contribution in [2.24, 2.45) is 0 Å². The van der Waals surface area contributed by atoms with Gasteiger partial charge in [-0.05, 0) is 73.0 Å². The molecule has 3 rings (SSSR count). The van der Waals surface area contributed by atoms with E-state index in [1.807, 2.05) is 13.8 Å². The van der Waals surface area contributed by atoms with Crippen molar-refractivity contribution in [1.82, 2.24) is 0 Å². The zero-order valence-electron chi connectivity index (χ0n) is 16.5. The first kappa shape index (κ1) is 20.7. The monoisotopic (exact) mass is 407 g/mol. The number of carboxylic acids is 1. The minimum absolute atomic E-state index is 0.0815. The van der Waals surface area contributed by atoms with Gasteiger partial charge in [-0.15, -0.1) is 0 Å². The predicted molar refractivity (Wildman–Crippen MR) is 112 cm³/mol. The van der Waals surface area contributed by atoms with Gasteiger partial charge < -0.3 is 25.4 Å². The van der Waals surface area contributed by atoms with Gasteiger partial charge in [0.2, 0.25) is 5.91 Å². The van der Waals surface area contributed by atoms with Gasteiger partial charge in [0.05, 0.1) is 0 Å². The Hall–Kier alpha value is -4.00. The minimum atomic E-state index is -1.20. The van der Waals surface area contributed by atoms with Crippen molar-refractivity contribution in [2.45, 2.75) is 20.3 Å². The third-order valence-corrected chi connectivity index (χ3v) is 4.42. The van der Waals surface area contributed by atoms with E-state index in [4.69, 9.17) is 9.84 Å². The van der Waals surface area contributed by atoms with Crippen molar-refractivity contribution in [3.63, 3.8) is 0 Å². The topological polar surface area (TPSA) is 116 Å². The van der Waals surface area contributed by atoms with Gasteiger partial charge in [-0.1, -0.05) is 12.1 Å². The molecule has 0 saturated heterocycles. The molecule has 0 saturated carbocycles. The van der Waals surface area contributed by atoms with E-state index in [0.29, 0.717) is 22.7 Å². The van der Waals surface area contributed by atoms with E-state index in [1.54, 1.807) is 36.4 Å². The Morgan fingerprint density at radius 2 is 1.57 bits per heavy atom. The normalized spacial score (nSPS) is 10.5. The van der Waals surface area contributed by atoms with Crippen LogP contribution in [0.2, 0.25) is 0 Å². The molecule has 0 radical (unpaired) electrons. The van der Waals surface area contributed by atoms with Gasteiger partial charge >= 0.3 is 5.97 Å². The van der Waals surface area contributed by atoms with Gasteiger partial charge in [0.1, 0.15) is 29.4 Å². The zero-order valence-corrected chi connectivity index (χ0v) is 16.5. The van der Waals surface area contributed by atoms with Gasteiger partial charge in [-0.2, -0.15) is 0 Å². The first-order valence-electron chi connectivity index (χ1n) is 9.16. The molecule has 0 unspecified atom stereocenters. The number of amides is 1. The smallest absolute Gasteiger partial charge is 0.312 e. The number of aliphatic carboxylic acids is 1. The van der Waals surface area contributed by atoms with Crippen LogP contribution in [-0.2, 0) is 9.59 Å². The second kappa shape index (κ2) is 8.57. The fourth-order valence-corrected chi connectivity index (χ4v) is 3.09. The number of hydrogen-bond acceptors (Lipinski definition) is 5. The lowest BCUT2D eigenvalue weighted by molar-refractivity contribution is -0.139. The Balaban J connectivity index is 1.86. The molecule has 0 aromatic heterocycles. The number of aryl methyl sites for hydroxylation is 2. The summed E-state index contributed by atoms with van der Waals surface area (Å²) in [6.45, 7) is 3.63. The Morgan fingerprint density at radius 3 is 2.17 bits per heavy atom. The van der Waals surface area contributed by atoms with E-state index < -0.39 is 18.3 Å². The molecule has 0 aliphatic rings. The summed E-state index contributed by atoms with van der Waals surface area (Å²) >= 11 is 0. The highest BCUT2D eigenvalue weighted by Crippen LogP contribution is 2.37. The first-order valence-corrected chi connectivity index (χ1v) is 9.16. The summed E-state index contributed by atoms with van der Waals surface area (Å²) in [6, 6.07) is 14.7. The molecule has 0 aliphatic heterocycles. The molecular weight excluding hydrogens is 386 g/mol. The van der Waals surface area contributed by atoms with Gasteiger partial charge in [0.25, 0.3) is 0 Å². The Bertz CT molecular complexity index is 1080. The molecule has 0 fully saturated rings. The highest BCUT2D eigenvalue weighted by atomic mass is 16.5. The van der Waals surface area contributed by atoms with E-state index in [1.165, 1.54) is 18.2 Å². The number of phenolic OH excluding ortho intramolecular Hbond substituents is 2. The van der Waals surface area contributed by atoms with Crippen LogP contribution in [0.3, 0.4) is 0 Å². The maximum absolute atomic E-state index is 11.7. The molecule has 3 aromatic rings. The zero-order chi connectivity index (χ0) is 21.8. The van der Waals surface area contributed by atoms with Gasteiger partial charge in [-0.3, -0.25) is 9.59 Å². The fourth-order valence-electron chi connectivity index (χ4n) is 3.09. The molecule has 0 aliphatic carbocycles. The second-order valence-corrected chi connectivity index (χ2v) is 6.89. The number of rotatable bonds is 6. The van der Waals surface area contributed by atoms with E-state index in [9.17, 15) is 19.8 Å². The summed E-state index contributed by atoms with van der Waals surface area (Å²) in [4.78, 5) is 22.3. The Kier molecular flexibility index (Phi) is 5.92. The largest absolute Gasteiger partial charge is 0.508 e. The van der Waals surface area contributed by atoms with Gasteiger partial charge in [0, 0.05) is 11.3 Å². The second-order valence-electron chi connectivity index (χ2n) is 6.89. The van der Waals surface area contributed by atoms with Crippen molar-refractivity contribution < 1.29 is 29.6 Å². The highest BCUT2D eigenvalue weighted by molar-refractivity contribution is 6.01. The third kappa shape index (κ3) is 4.88. The molecule has 0 atom stereocenters. The molecular formula is C23H21NO6. The van der Waals surface area contributed by atoms with Crippen molar-refractivity contribution in [3.05, 3.63) is 65.7 Å². The summed E-state index contributed by atoms with van der Waals surface area (Å²) in [6.07, 6.45) is -0.607. The number of carbonyl (C=O) groups excluding carboxylic acids is 1. The maximum Gasteiger partial charge on any atom is 0.312 e. The van der Waals surface area contributed by atoms with E-state index >= 15 is 0 Å². The van der Waals surface area contributed by atoms with Crippen molar-refractivity contribution in [3.8, 4) is 34.1 Å². The number of nitrogens with one attached hydrogen (secondary N) is 1. The molecule has 7 heteroatoms. The minimum Gasteiger partial charge on any atom is -0.508 e. The number of ether oxygens (including phenoxy) is 1. The van der Waals surface area contributed by atoms with Crippen LogP contribution in [0.5, 0.6) is 23.0 Å². The molecule has 1 amide bonds. The predicted octanol–water partition coefficient (Wildman–Crippen LogP) is 4.59. The van der Waals surface area contributed by atoms with Crippen LogP contribution in [-0.4, -0.2) is 27.2 Å². The number of aromatic hydroxyl groups is 2. The van der Waals surface area contributed by atoms with Crippen LogP contribution in [0.4, 0.5) is 5.69 Å². The fraction of sp³-hybridized carbons (Fsp3) is 0.130. The molecule has 4 N–H and O–H groups in total. The van der Waals surface area contributed by atoms with Crippen LogP contribution in [0.15, 0.2) is 54.6 Å². The Morgan fingerprint density at radius 1 is 0.933 bits per heavy atom. The van der Waals surface area contributed by atoms with E-state index in [2.05, 4.69) is 5.32 Å². The summed E-state index contributed by atoms with van der Waals surface area (Å²) in [5, 5.41) is 30.9. The van der Waals surface area contributed by atoms with Gasteiger partial charge in [0.15, 0.2) is 0 Å². The summed E-state index contributed by atoms with van der Waals surface area (Å²) in [5.74, 6) is -0.492. The average molecular weight is 407 g/mol. The number of anilines is 1. The number of carboxylic acid groups (broad SMARTS) is 1. The van der Waals surface area contributed by atoms with E-state index in [0.717, 1.165) is 16.7 Å². The van der Waals surface area contributed by atoms with Crippen molar-refractivity contribution >= 4 is 17.6 Å². The molecule has 0 spiro atoms. The van der Waals surface area contributed by atoms with Crippen LogP contribution in [0, 0.1) is 13.8 Å². The lowest BCUT2D eigenvalue weighted by atomic mass is 10.0. The third-order valence-electron chi connectivity index (χ3n) is 4.42. The average Bonchev–Trinajstić information content (AvgIpc) is 2.66. The first-order chi connectivity index (χ1) is 14.2. The van der Waals surface area contributed by atoms with Crippen LogP contribution < -0.4 is 10.1 Å². The van der Waals surface area contributed by atoms with Crippen LogP contribution in [0.1, 0.15) is 17.5 Å². The number of carbonyl (C=O) groups is 2. The van der Waals surface area contributed by atoms with Gasteiger partial charge in [-0.25, -0.2) is 0 Å². The van der Waals surface area contributed by atoms with Crippen LogP contribution in [0.25, 0.3) is 11.1 Å². The number of phenols is 2. The summed E-state index contributed by atoms with van der Waals surface area (Å²) in [5.41, 5.74) is 3.26. The lowest BCUT2D eigenvalue weighted by Crippen LogP contribution is -2.16. The molecule has 0 heterocycles. The quantitative estimate of drug-likeness (QED) is 0.444. The summed E-state index contributed by atoms with van der Waals surface area (Å²) in [7, 11) is 0. The Labute approximate surface area is 173 Å². The van der Waals surface area contributed by atoms with E-state index in [-0.39, 0.29) is 11.5 Å². The molecule has 3 aromatic carbocycles. The SMILES string of the molecule is Cc1cc(NC(=O)CC(=O)O)cc(C)c1Oc1ccc(O)c(-c2ccc(O)cc2)c1. The molecule has 154 valence electrons. The van der Waals surface area contributed by atoms with Crippen molar-refractivity contribution in [1.29, 1.82) is 0 Å². The van der Waals surface area contributed by atoms with Crippen LogP contribution >= 0.6 is 0 Å². The highest BCUT2D eigenvalue weighted by Gasteiger charge is 2.13. The molecule has 30 heavy (non-hydrogen) atoms.